The van der Waals surface area contributed by atoms with Crippen LogP contribution >= 0.6 is 0 Å². The van der Waals surface area contributed by atoms with E-state index in [2.05, 4.69) is 15.5 Å². The molecular weight excluding hydrogens is 662 g/mol. The maximum absolute atomic E-state index is 14.1. The standard InChI is InChI=1S/C41H57N3O8/c1-41(2,3)52-40(48)42-35(26-29-11-7-6-8-12-29)36(45)28-32(39(47)43-38-34-14-10-9-13-31(34)27-37(38)46)25-30-15-17-33(18-16-30)51-24-21-44(19-22-49-4)20-23-50-5/h6-18,32,35-38,45-46H,19-28H2,1-5H3,(H,42,48)(H,43,47)/t32-,35-,36-,37+,38?/m0/s1. The first-order chi connectivity index (χ1) is 25.0. The van der Waals surface area contributed by atoms with E-state index < -0.39 is 41.9 Å². The highest BCUT2D eigenvalue weighted by Crippen LogP contribution is 2.32. The average molecular weight is 720 g/mol. The molecule has 1 unspecified atom stereocenters. The second-order valence-electron chi connectivity index (χ2n) is 14.4. The predicted molar refractivity (Wildman–Crippen MR) is 200 cm³/mol. The van der Waals surface area contributed by atoms with Gasteiger partial charge >= 0.3 is 6.09 Å². The van der Waals surface area contributed by atoms with Crippen LogP contribution in [0.5, 0.6) is 5.75 Å². The van der Waals surface area contributed by atoms with Gasteiger partial charge in [0, 0.05) is 46.2 Å². The molecule has 4 rings (SSSR count). The lowest BCUT2D eigenvalue weighted by molar-refractivity contribution is -0.127. The van der Waals surface area contributed by atoms with E-state index in [9.17, 15) is 19.8 Å². The molecule has 0 spiro atoms. The Labute approximate surface area is 308 Å². The van der Waals surface area contributed by atoms with Crippen LogP contribution in [-0.2, 0) is 38.3 Å². The van der Waals surface area contributed by atoms with Crippen molar-refractivity contribution in [1.82, 2.24) is 15.5 Å². The molecule has 3 aromatic carbocycles. The van der Waals surface area contributed by atoms with Gasteiger partial charge in [0.25, 0.3) is 0 Å². The Morgan fingerprint density at radius 1 is 0.846 bits per heavy atom. The summed E-state index contributed by atoms with van der Waals surface area (Å²) >= 11 is 0. The zero-order chi connectivity index (χ0) is 37.5. The molecule has 2 amide bonds. The molecular formula is C41H57N3O8. The van der Waals surface area contributed by atoms with E-state index >= 15 is 0 Å². The van der Waals surface area contributed by atoms with E-state index in [4.69, 9.17) is 18.9 Å². The number of fused-ring (bicyclic) bond motifs is 1. The number of nitrogens with one attached hydrogen (secondary N) is 2. The fourth-order valence-electron chi connectivity index (χ4n) is 6.44. The van der Waals surface area contributed by atoms with Crippen molar-refractivity contribution in [2.75, 3.05) is 53.7 Å². The minimum absolute atomic E-state index is 0.0562. The number of aliphatic hydroxyl groups excluding tert-OH is 2. The zero-order valence-corrected chi connectivity index (χ0v) is 31.3. The van der Waals surface area contributed by atoms with Crippen molar-refractivity contribution in [3.8, 4) is 5.75 Å². The van der Waals surface area contributed by atoms with Crippen LogP contribution in [0.2, 0.25) is 0 Å². The highest BCUT2D eigenvalue weighted by atomic mass is 16.6. The van der Waals surface area contributed by atoms with Gasteiger partial charge < -0.3 is 39.8 Å². The van der Waals surface area contributed by atoms with Crippen LogP contribution in [0.15, 0.2) is 78.9 Å². The molecule has 3 aromatic rings. The lowest BCUT2D eigenvalue weighted by Crippen LogP contribution is -2.48. The van der Waals surface area contributed by atoms with Crippen LogP contribution in [0.3, 0.4) is 0 Å². The van der Waals surface area contributed by atoms with Gasteiger partial charge in [-0.25, -0.2) is 4.79 Å². The molecule has 11 heteroatoms. The van der Waals surface area contributed by atoms with Crippen LogP contribution < -0.4 is 15.4 Å². The maximum atomic E-state index is 14.1. The molecule has 0 aromatic heterocycles. The van der Waals surface area contributed by atoms with Crippen molar-refractivity contribution in [1.29, 1.82) is 0 Å². The topological polar surface area (TPSA) is 139 Å². The summed E-state index contributed by atoms with van der Waals surface area (Å²) in [6.07, 6.45) is -1.33. The number of aliphatic hydroxyl groups is 2. The third-order valence-corrected chi connectivity index (χ3v) is 9.17. The van der Waals surface area contributed by atoms with E-state index in [1.54, 1.807) is 35.0 Å². The number of rotatable bonds is 20. The fourth-order valence-corrected chi connectivity index (χ4v) is 6.44. The van der Waals surface area contributed by atoms with Crippen molar-refractivity contribution in [3.05, 3.63) is 101 Å². The number of carbonyl (C=O) groups excluding carboxylic acids is 2. The number of hydrogen-bond acceptors (Lipinski definition) is 9. The number of carbonyl (C=O) groups is 2. The number of amides is 2. The summed E-state index contributed by atoms with van der Waals surface area (Å²) in [5.74, 6) is -0.267. The lowest BCUT2D eigenvalue weighted by Gasteiger charge is -2.30. The van der Waals surface area contributed by atoms with Gasteiger partial charge in [0.2, 0.25) is 5.91 Å². The second-order valence-corrected chi connectivity index (χ2v) is 14.4. The molecule has 284 valence electrons. The van der Waals surface area contributed by atoms with Crippen LogP contribution in [0.1, 0.15) is 55.5 Å². The third-order valence-electron chi connectivity index (χ3n) is 9.17. The normalized spacial score (nSPS) is 17.2. The smallest absolute Gasteiger partial charge is 0.407 e. The van der Waals surface area contributed by atoms with E-state index in [1.807, 2.05) is 78.9 Å². The zero-order valence-electron chi connectivity index (χ0n) is 31.3. The molecule has 52 heavy (non-hydrogen) atoms. The number of benzene rings is 3. The van der Waals surface area contributed by atoms with Crippen LogP contribution in [0.25, 0.3) is 0 Å². The van der Waals surface area contributed by atoms with Crippen LogP contribution in [-0.4, -0.2) is 105 Å². The summed E-state index contributed by atoms with van der Waals surface area (Å²) in [6.45, 7) is 9.35. The fraction of sp³-hybridized carbons (Fsp3) is 0.512. The van der Waals surface area contributed by atoms with Gasteiger partial charge in [-0.3, -0.25) is 9.69 Å². The van der Waals surface area contributed by atoms with E-state index in [-0.39, 0.29) is 12.3 Å². The largest absolute Gasteiger partial charge is 0.492 e. The van der Waals surface area contributed by atoms with Gasteiger partial charge in [0.05, 0.1) is 37.5 Å². The van der Waals surface area contributed by atoms with Crippen molar-refractivity contribution in [3.63, 3.8) is 0 Å². The highest BCUT2D eigenvalue weighted by Gasteiger charge is 2.35. The Morgan fingerprint density at radius 3 is 2.12 bits per heavy atom. The van der Waals surface area contributed by atoms with Gasteiger partial charge in [0.1, 0.15) is 18.0 Å². The van der Waals surface area contributed by atoms with Crippen LogP contribution in [0.4, 0.5) is 4.79 Å². The second kappa shape index (κ2) is 20.3. The molecule has 0 aliphatic heterocycles. The SMILES string of the molecule is COCCN(CCOC)CCOc1ccc(C[C@@H](C[C@H](O)[C@H](Cc2ccccc2)NC(=O)OC(C)(C)C)C(=O)NC2c3ccccc3C[C@H]2O)cc1. The predicted octanol–water partition coefficient (Wildman–Crippen LogP) is 4.48. The lowest BCUT2D eigenvalue weighted by atomic mass is 9.88. The Morgan fingerprint density at radius 2 is 1.46 bits per heavy atom. The van der Waals surface area contributed by atoms with Crippen molar-refractivity contribution in [2.24, 2.45) is 5.92 Å². The summed E-state index contributed by atoms with van der Waals surface area (Å²) in [4.78, 5) is 29.3. The first kappa shape index (κ1) is 40.8. The number of nitrogens with zero attached hydrogens (tertiary/aromatic N) is 1. The first-order valence-electron chi connectivity index (χ1n) is 18.2. The monoisotopic (exact) mass is 719 g/mol. The van der Waals surface area contributed by atoms with Crippen molar-refractivity contribution < 1.29 is 38.7 Å². The summed E-state index contributed by atoms with van der Waals surface area (Å²) in [5.41, 5.74) is 2.97. The molecule has 0 heterocycles. The molecule has 5 atom stereocenters. The van der Waals surface area contributed by atoms with Crippen molar-refractivity contribution in [2.45, 2.75) is 76.3 Å². The molecule has 0 fully saturated rings. The molecule has 4 N–H and O–H groups in total. The first-order valence-corrected chi connectivity index (χ1v) is 18.2. The summed E-state index contributed by atoms with van der Waals surface area (Å²) in [5, 5.41) is 28.6. The molecule has 0 saturated carbocycles. The minimum atomic E-state index is -1.09. The van der Waals surface area contributed by atoms with E-state index in [1.165, 1.54) is 0 Å². The summed E-state index contributed by atoms with van der Waals surface area (Å²) in [6, 6.07) is 23.6. The number of hydrogen-bond donors (Lipinski definition) is 4. The number of alkyl carbamates (subject to hydrolysis) is 1. The molecule has 1 aliphatic carbocycles. The molecule has 0 bridgehead atoms. The number of methoxy groups -OCH3 is 2. The average Bonchev–Trinajstić information content (AvgIpc) is 3.43. The van der Waals surface area contributed by atoms with E-state index in [0.29, 0.717) is 51.4 Å². The highest BCUT2D eigenvalue weighted by molar-refractivity contribution is 5.80. The maximum Gasteiger partial charge on any atom is 0.407 e. The van der Waals surface area contributed by atoms with Gasteiger partial charge in [-0.2, -0.15) is 0 Å². The molecule has 0 radical (unpaired) electrons. The van der Waals surface area contributed by atoms with Gasteiger partial charge in [-0.05, 0) is 74.4 Å². The summed E-state index contributed by atoms with van der Waals surface area (Å²) < 4.78 is 22.0. The Balaban J connectivity index is 1.50. The Kier molecular flexibility index (Phi) is 15.9. The third kappa shape index (κ3) is 13.2. The minimum Gasteiger partial charge on any atom is -0.492 e. The van der Waals surface area contributed by atoms with E-state index in [0.717, 1.165) is 35.3 Å². The molecule has 11 nitrogen and oxygen atoms in total. The quantitative estimate of drug-likeness (QED) is 0.133. The molecule has 1 aliphatic rings. The molecule has 0 saturated heterocycles. The van der Waals surface area contributed by atoms with Gasteiger partial charge in [0.15, 0.2) is 0 Å². The number of ether oxygens (including phenoxy) is 4. The summed E-state index contributed by atoms with van der Waals surface area (Å²) in [7, 11) is 3.37. The van der Waals surface area contributed by atoms with Crippen LogP contribution in [0, 0.1) is 5.92 Å². The van der Waals surface area contributed by atoms with Gasteiger partial charge in [-0.1, -0.05) is 66.7 Å². The Bertz CT molecular complexity index is 1510. The van der Waals surface area contributed by atoms with Crippen molar-refractivity contribution >= 4 is 12.0 Å². The Hall–Kier alpha value is -4.00. The van der Waals surface area contributed by atoms with Gasteiger partial charge in [-0.15, -0.1) is 0 Å².